The summed E-state index contributed by atoms with van der Waals surface area (Å²) in [7, 11) is 1.17. The summed E-state index contributed by atoms with van der Waals surface area (Å²) in [5.74, 6) is -1.09. The fourth-order valence-electron chi connectivity index (χ4n) is 5.03. The largest absolute Gasteiger partial charge is 0.481 e. The second kappa shape index (κ2) is 14.7. The molecule has 4 heterocycles. The van der Waals surface area contributed by atoms with Gasteiger partial charge in [-0.15, -0.1) is 0 Å². The van der Waals surface area contributed by atoms with Crippen LogP contribution in [-0.2, 0) is 28.7 Å². The number of aromatic nitrogens is 3. The van der Waals surface area contributed by atoms with Crippen LogP contribution in [-0.4, -0.2) is 82.1 Å². The Balaban J connectivity index is 0.000000297. The SMILES string of the molecule is CCC(=O)N1CC[C@H](Nc2ncnc3c2CN(c2cnc(OC)c(C(F)(F)F)c2)CC3)C1.O=C(O)CNC(=O)c1ccccc1. The molecule has 3 N–H and O–H groups in total. The van der Waals surface area contributed by atoms with Crippen LogP contribution in [0.5, 0.6) is 5.88 Å². The quantitative estimate of drug-likeness (QED) is 0.339. The van der Waals surface area contributed by atoms with Gasteiger partial charge < -0.3 is 30.3 Å². The molecule has 0 saturated carbocycles. The number of nitrogens with zero attached hydrogens (tertiary/aromatic N) is 5. The summed E-state index contributed by atoms with van der Waals surface area (Å²) in [6.45, 7) is 3.66. The van der Waals surface area contributed by atoms with Crippen molar-refractivity contribution >= 4 is 29.3 Å². The third-order valence-corrected chi connectivity index (χ3v) is 7.32. The number of rotatable bonds is 8. The van der Waals surface area contributed by atoms with Crippen molar-refractivity contribution in [1.82, 2.24) is 25.2 Å². The van der Waals surface area contributed by atoms with Gasteiger partial charge in [0.1, 0.15) is 24.3 Å². The maximum absolute atomic E-state index is 13.4. The van der Waals surface area contributed by atoms with Gasteiger partial charge >= 0.3 is 12.1 Å². The summed E-state index contributed by atoms with van der Waals surface area (Å²) in [6, 6.07) is 9.60. The highest BCUT2D eigenvalue weighted by molar-refractivity contribution is 5.95. The summed E-state index contributed by atoms with van der Waals surface area (Å²) >= 11 is 0. The zero-order valence-corrected chi connectivity index (χ0v) is 24.8. The number of anilines is 2. The molecule has 2 aliphatic heterocycles. The van der Waals surface area contributed by atoms with Crippen LogP contribution in [0.1, 0.15) is 46.9 Å². The summed E-state index contributed by atoms with van der Waals surface area (Å²) < 4.78 is 45.1. The molecule has 2 aromatic heterocycles. The number of pyridine rings is 1. The molecule has 15 heteroatoms. The van der Waals surface area contributed by atoms with Crippen molar-refractivity contribution in [3.05, 3.63) is 71.3 Å². The number of methoxy groups -OCH3 is 1. The summed E-state index contributed by atoms with van der Waals surface area (Å²) in [5.41, 5.74) is 1.64. The Kier molecular flexibility index (Phi) is 10.8. The Morgan fingerprint density at radius 3 is 2.53 bits per heavy atom. The highest BCUT2D eigenvalue weighted by Gasteiger charge is 2.36. The monoisotopic (exact) mass is 629 g/mol. The van der Waals surface area contributed by atoms with Gasteiger partial charge in [0.25, 0.3) is 5.91 Å². The van der Waals surface area contributed by atoms with Gasteiger partial charge in [0.2, 0.25) is 11.8 Å². The molecule has 45 heavy (non-hydrogen) atoms. The molecule has 3 aromatic rings. The van der Waals surface area contributed by atoms with Crippen molar-refractivity contribution in [1.29, 1.82) is 0 Å². The van der Waals surface area contributed by atoms with Gasteiger partial charge in [0.15, 0.2) is 0 Å². The minimum absolute atomic E-state index is 0.0689. The van der Waals surface area contributed by atoms with Gasteiger partial charge in [-0.1, -0.05) is 25.1 Å². The molecule has 1 aromatic carbocycles. The van der Waals surface area contributed by atoms with E-state index in [1.165, 1.54) is 19.6 Å². The number of alkyl halides is 3. The Labute approximate surface area is 257 Å². The molecule has 240 valence electrons. The van der Waals surface area contributed by atoms with Crippen molar-refractivity contribution in [3.8, 4) is 5.88 Å². The summed E-state index contributed by atoms with van der Waals surface area (Å²) in [5, 5.41) is 14.0. The zero-order valence-electron chi connectivity index (χ0n) is 24.8. The number of fused-ring (bicyclic) bond motifs is 1. The second-order valence-corrected chi connectivity index (χ2v) is 10.3. The number of nitrogens with one attached hydrogen (secondary N) is 2. The van der Waals surface area contributed by atoms with Crippen LogP contribution in [0.15, 0.2) is 48.9 Å². The number of hydrogen-bond acceptors (Lipinski definition) is 9. The Hall–Kier alpha value is -4.95. The molecule has 1 fully saturated rings. The lowest BCUT2D eigenvalue weighted by Crippen LogP contribution is -2.34. The molecule has 1 saturated heterocycles. The van der Waals surface area contributed by atoms with Crippen LogP contribution in [0.4, 0.5) is 24.7 Å². The lowest BCUT2D eigenvalue weighted by atomic mass is 10.0. The maximum atomic E-state index is 13.4. The molecular weight excluding hydrogens is 595 g/mol. The number of carbonyl (C=O) groups is 3. The zero-order chi connectivity index (χ0) is 32.6. The fraction of sp³-hybridized carbons (Fsp3) is 0.400. The third kappa shape index (κ3) is 8.58. The van der Waals surface area contributed by atoms with E-state index in [2.05, 4.69) is 25.6 Å². The lowest BCUT2D eigenvalue weighted by molar-refractivity contribution is -0.139. The molecule has 0 spiro atoms. The first-order chi connectivity index (χ1) is 21.5. The molecule has 1 atom stereocenters. The van der Waals surface area contributed by atoms with Crippen LogP contribution >= 0.6 is 0 Å². The average molecular weight is 630 g/mol. The number of likely N-dealkylation sites (tertiary alicyclic amines) is 1. The average Bonchev–Trinajstić information content (AvgIpc) is 3.51. The molecule has 2 amide bonds. The van der Waals surface area contributed by atoms with E-state index in [0.717, 1.165) is 23.7 Å². The predicted molar refractivity (Wildman–Crippen MR) is 158 cm³/mol. The van der Waals surface area contributed by atoms with Crippen molar-refractivity contribution in [3.63, 3.8) is 0 Å². The van der Waals surface area contributed by atoms with Crippen molar-refractivity contribution < 1.29 is 37.4 Å². The summed E-state index contributed by atoms with van der Waals surface area (Å²) in [6.07, 6.45) is 0.178. The van der Waals surface area contributed by atoms with E-state index in [-0.39, 0.29) is 24.4 Å². The molecule has 0 unspecified atom stereocenters. The minimum Gasteiger partial charge on any atom is -0.481 e. The van der Waals surface area contributed by atoms with E-state index >= 15 is 0 Å². The van der Waals surface area contributed by atoms with E-state index in [1.807, 2.05) is 16.7 Å². The van der Waals surface area contributed by atoms with Crippen LogP contribution in [0.3, 0.4) is 0 Å². The molecule has 0 aliphatic carbocycles. The molecular formula is C30H34F3N7O5. The smallest absolute Gasteiger partial charge is 0.421 e. The van der Waals surface area contributed by atoms with Crippen molar-refractivity contribution in [2.75, 3.05) is 43.5 Å². The Bertz CT molecular complexity index is 1510. The molecule has 2 aliphatic rings. The highest BCUT2D eigenvalue weighted by Crippen LogP contribution is 2.38. The first-order valence-corrected chi connectivity index (χ1v) is 14.3. The minimum atomic E-state index is -4.57. The van der Waals surface area contributed by atoms with Gasteiger partial charge in [-0.3, -0.25) is 14.4 Å². The van der Waals surface area contributed by atoms with E-state index in [1.54, 1.807) is 30.3 Å². The molecule has 12 nitrogen and oxygen atoms in total. The molecule has 0 radical (unpaired) electrons. The first-order valence-electron chi connectivity index (χ1n) is 14.3. The van der Waals surface area contributed by atoms with E-state index in [4.69, 9.17) is 9.84 Å². The number of carboxylic acid groups (broad SMARTS) is 1. The maximum Gasteiger partial charge on any atom is 0.421 e. The van der Waals surface area contributed by atoms with Crippen LogP contribution < -0.4 is 20.3 Å². The van der Waals surface area contributed by atoms with E-state index in [0.29, 0.717) is 56.1 Å². The number of benzene rings is 1. The van der Waals surface area contributed by atoms with Crippen molar-refractivity contribution in [2.45, 2.75) is 44.9 Å². The topological polar surface area (TPSA) is 150 Å². The standard InChI is InChI=1S/C21H25F3N6O2.C9H9NO3/c1-3-18(31)30-6-4-13(10-30)28-19-15-11-29(7-5-17(15)26-12-27-19)14-8-16(21(22,23)24)20(32-2)25-9-14;11-8(12)6-10-9(13)7-4-2-1-3-5-7/h8-9,12-13H,3-7,10-11H2,1-2H3,(H,26,27,28);1-5H,6H2,(H,10,13)(H,11,12)/t13-;/m0./s1. The number of halogens is 3. The van der Waals surface area contributed by atoms with Crippen molar-refractivity contribution in [2.24, 2.45) is 0 Å². The fourth-order valence-corrected chi connectivity index (χ4v) is 5.03. The number of carbonyl (C=O) groups excluding carboxylic acids is 2. The highest BCUT2D eigenvalue weighted by atomic mass is 19.4. The predicted octanol–water partition coefficient (Wildman–Crippen LogP) is 3.39. The lowest BCUT2D eigenvalue weighted by Gasteiger charge is -2.31. The number of aliphatic carboxylic acids is 1. The van der Waals surface area contributed by atoms with Gasteiger partial charge in [0.05, 0.1) is 24.7 Å². The third-order valence-electron chi connectivity index (χ3n) is 7.32. The van der Waals surface area contributed by atoms with Crippen LogP contribution in [0.2, 0.25) is 0 Å². The number of amides is 2. The van der Waals surface area contributed by atoms with Gasteiger partial charge in [0, 0.05) is 56.2 Å². The number of carboxylic acids is 1. The van der Waals surface area contributed by atoms with Gasteiger partial charge in [-0.25, -0.2) is 15.0 Å². The van der Waals surface area contributed by atoms with E-state index < -0.39 is 23.6 Å². The summed E-state index contributed by atoms with van der Waals surface area (Å²) in [4.78, 5) is 49.5. The Morgan fingerprint density at radius 2 is 1.87 bits per heavy atom. The second-order valence-electron chi connectivity index (χ2n) is 10.3. The number of ether oxygens (including phenoxy) is 1. The van der Waals surface area contributed by atoms with Crippen LogP contribution in [0.25, 0.3) is 0 Å². The molecule has 0 bridgehead atoms. The number of hydrogen-bond donors (Lipinski definition) is 3. The van der Waals surface area contributed by atoms with Gasteiger partial charge in [-0.2, -0.15) is 13.2 Å². The normalized spacial score (nSPS) is 15.8. The van der Waals surface area contributed by atoms with Gasteiger partial charge in [-0.05, 0) is 24.6 Å². The first kappa shape index (κ1) is 33.0. The van der Waals surface area contributed by atoms with E-state index in [9.17, 15) is 27.6 Å². The van der Waals surface area contributed by atoms with Crippen LogP contribution in [0, 0.1) is 0 Å². The molecule has 5 rings (SSSR count). The Morgan fingerprint density at radius 1 is 1.11 bits per heavy atom.